The van der Waals surface area contributed by atoms with Gasteiger partial charge in [-0.25, -0.2) is 0 Å². The average molecular weight is 281 g/mol. The predicted molar refractivity (Wildman–Crippen MR) is 85.9 cm³/mol. The summed E-state index contributed by atoms with van der Waals surface area (Å²) in [6, 6.07) is 6.98. The Morgan fingerprint density at radius 3 is 2.90 bits per heavy atom. The van der Waals surface area contributed by atoms with Crippen molar-refractivity contribution in [2.45, 2.75) is 18.9 Å². The SMILES string of the molecule is C1=CN(c2ccc3cn(C4CCNCC4)nc3c2)CN=C1. The molecule has 0 unspecified atom stereocenters. The molecule has 2 aliphatic heterocycles. The molecule has 1 saturated heterocycles. The van der Waals surface area contributed by atoms with Crippen LogP contribution in [0.1, 0.15) is 18.9 Å². The highest BCUT2D eigenvalue weighted by Gasteiger charge is 2.16. The molecule has 0 atom stereocenters. The van der Waals surface area contributed by atoms with Crippen LogP contribution < -0.4 is 10.2 Å². The van der Waals surface area contributed by atoms with Crippen molar-refractivity contribution in [3.05, 3.63) is 36.7 Å². The molecule has 3 heterocycles. The standard InChI is InChI=1S/C16H19N5/c1-6-18-12-20(9-1)15-3-2-13-11-21(19-16(13)10-15)14-4-7-17-8-5-14/h1-3,6,9-11,14,17H,4-5,7-8,12H2. The second-order valence-electron chi connectivity index (χ2n) is 5.62. The van der Waals surface area contributed by atoms with Gasteiger partial charge in [-0.05, 0) is 50.2 Å². The Bertz CT molecular complexity index is 694. The summed E-state index contributed by atoms with van der Waals surface area (Å²) in [5.74, 6) is 0. The maximum absolute atomic E-state index is 4.79. The Kier molecular flexibility index (Phi) is 3.20. The van der Waals surface area contributed by atoms with Crippen LogP contribution in [0.5, 0.6) is 0 Å². The Hall–Kier alpha value is -2.14. The van der Waals surface area contributed by atoms with E-state index in [-0.39, 0.29) is 0 Å². The van der Waals surface area contributed by atoms with Crippen LogP contribution in [-0.4, -0.2) is 35.8 Å². The Balaban J connectivity index is 1.64. The molecule has 0 amide bonds. The molecule has 1 aromatic heterocycles. The van der Waals surface area contributed by atoms with Crippen molar-refractivity contribution in [3.8, 4) is 0 Å². The quantitative estimate of drug-likeness (QED) is 0.919. The second kappa shape index (κ2) is 5.33. The molecule has 2 aliphatic rings. The zero-order chi connectivity index (χ0) is 14.1. The normalized spacial score (nSPS) is 19.5. The molecular weight excluding hydrogens is 262 g/mol. The number of nitrogens with one attached hydrogen (secondary N) is 1. The molecule has 4 rings (SSSR count). The van der Waals surface area contributed by atoms with Gasteiger partial charge >= 0.3 is 0 Å². The van der Waals surface area contributed by atoms with Crippen LogP contribution in [0.2, 0.25) is 0 Å². The average Bonchev–Trinajstić information content (AvgIpc) is 2.99. The van der Waals surface area contributed by atoms with Gasteiger partial charge in [0, 0.05) is 29.7 Å². The summed E-state index contributed by atoms with van der Waals surface area (Å²) in [4.78, 5) is 6.40. The van der Waals surface area contributed by atoms with Gasteiger partial charge in [0.25, 0.3) is 0 Å². The maximum Gasteiger partial charge on any atom is 0.114 e. The summed E-state index contributed by atoms with van der Waals surface area (Å²) < 4.78 is 2.15. The largest absolute Gasteiger partial charge is 0.328 e. The topological polar surface area (TPSA) is 45.5 Å². The summed E-state index contributed by atoms with van der Waals surface area (Å²) in [5, 5.41) is 9.40. The Labute approximate surface area is 124 Å². The van der Waals surface area contributed by atoms with Crippen LogP contribution >= 0.6 is 0 Å². The molecule has 0 bridgehead atoms. The summed E-state index contributed by atoms with van der Waals surface area (Å²) in [7, 11) is 0. The van der Waals surface area contributed by atoms with Crippen LogP contribution in [0.3, 0.4) is 0 Å². The van der Waals surface area contributed by atoms with E-state index in [0.717, 1.165) is 37.1 Å². The van der Waals surface area contributed by atoms with Crippen LogP contribution in [0.4, 0.5) is 5.69 Å². The predicted octanol–water partition coefficient (Wildman–Crippen LogP) is 2.32. The number of hydrogen-bond acceptors (Lipinski definition) is 4. The lowest BCUT2D eigenvalue weighted by molar-refractivity contribution is 0.345. The fourth-order valence-corrected chi connectivity index (χ4v) is 3.01. The number of piperidine rings is 1. The van der Waals surface area contributed by atoms with Crippen molar-refractivity contribution < 1.29 is 0 Å². The highest BCUT2D eigenvalue weighted by molar-refractivity contribution is 5.83. The second-order valence-corrected chi connectivity index (χ2v) is 5.62. The van der Waals surface area contributed by atoms with Crippen LogP contribution in [0, 0.1) is 0 Å². The van der Waals surface area contributed by atoms with Gasteiger partial charge in [-0.2, -0.15) is 5.10 Å². The zero-order valence-corrected chi connectivity index (χ0v) is 11.9. The lowest BCUT2D eigenvalue weighted by Gasteiger charge is -2.22. The molecule has 0 saturated carbocycles. The van der Waals surface area contributed by atoms with E-state index in [0.29, 0.717) is 12.7 Å². The third-order valence-electron chi connectivity index (χ3n) is 4.21. The van der Waals surface area contributed by atoms with E-state index in [1.807, 2.05) is 12.3 Å². The van der Waals surface area contributed by atoms with Gasteiger partial charge in [0.2, 0.25) is 0 Å². The van der Waals surface area contributed by atoms with E-state index in [1.165, 1.54) is 5.39 Å². The first kappa shape index (κ1) is 12.6. The molecule has 0 radical (unpaired) electrons. The van der Waals surface area contributed by atoms with Crippen molar-refractivity contribution in [2.24, 2.45) is 4.99 Å². The molecule has 2 aromatic rings. The minimum absolute atomic E-state index is 0.529. The minimum atomic E-state index is 0.529. The lowest BCUT2D eigenvalue weighted by atomic mass is 10.1. The molecular formula is C16H19N5. The number of hydrogen-bond donors (Lipinski definition) is 1. The van der Waals surface area contributed by atoms with Crippen LogP contribution in [-0.2, 0) is 0 Å². The zero-order valence-electron chi connectivity index (χ0n) is 11.9. The summed E-state index contributed by atoms with van der Waals surface area (Å²) in [6.07, 6.45) is 10.3. The monoisotopic (exact) mass is 281 g/mol. The van der Waals surface area contributed by atoms with Crippen molar-refractivity contribution in [1.29, 1.82) is 0 Å². The first-order valence-corrected chi connectivity index (χ1v) is 7.53. The lowest BCUT2D eigenvalue weighted by Crippen LogP contribution is -2.29. The number of aromatic nitrogens is 2. The molecule has 0 aliphatic carbocycles. The molecule has 5 nitrogen and oxygen atoms in total. The fraction of sp³-hybridized carbons (Fsp3) is 0.375. The summed E-state index contributed by atoms with van der Waals surface area (Å²) >= 11 is 0. The van der Waals surface area contributed by atoms with Crippen LogP contribution in [0.15, 0.2) is 41.7 Å². The van der Waals surface area contributed by atoms with Gasteiger partial charge in [0.05, 0.1) is 11.6 Å². The van der Waals surface area contributed by atoms with Crippen molar-refractivity contribution in [2.75, 3.05) is 24.7 Å². The van der Waals surface area contributed by atoms with E-state index in [1.54, 1.807) is 0 Å². The van der Waals surface area contributed by atoms with E-state index in [2.05, 4.69) is 50.5 Å². The highest BCUT2D eigenvalue weighted by Crippen LogP contribution is 2.25. The third-order valence-corrected chi connectivity index (χ3v) is 4.21. The number of rotatable bonds is 2. The van der Waals surface area contributed by atoms with E-state index < -0.39 is 0 Å². The maximum atomic E-state index is 4.79. The molecule has 108 valence electrons. The highest BCUT2D eigenvalue weighted by atomic mass is 15.3. The Morgan fingerprint density at radius 2 is 2.10 bits per heavy atom. The fourth-order valence-electron chi connectivity index (χ4n) is 3.01. The van der Waals surface area contributed by atoms with Crippen molar-refractivity contribution in [1.82, 2.24) is 15.1 Å². The van der Waals surface area contributed by atoms with Gasteiger partial charge in [0.15, 0.2) is 0 Å². The molecule has 0 spiro atoms. The van der Waals surface area contributed by atoms with Crippen molar-refractivity contribution in [3.63, 3.8) is 0 Å². The van der Waals surface area contributed by atoms with Gasteiger partial charge < -0.3 is 10.2 Å². The van der Waals surface area contributed by atoms with E-state index in [9.17, 15) is 0 Å². The number of aliphatic imine (C=N–C) groups is 1. The molecule has 21 heavy (non-hydrogen) atoms. The summed E-state index contributed by atoms with van der Waals surface area (Å²) in [5.41, 5.74) is 2.21. The number of anilines is 1. The van der Waals surface area contributed by atoms with E-state index >= 15 is 0 Å². The number of fused-ring (bicyclic) bond motifs is 1. The van der Waals surface area contributed by atoms with E-state index in [4.69, 9.17) is 5.10 Å². The minimum Gasteiger partial charge on any atom is -0.328 e. The van der Waals surface area contributed by atoms with Gasteiger partial charge in [0.1, 0.15) is 6.67 Å². The number of benzene rings is 1. The van der Waals surface area contributed by atoms with Gasteiger partial charge in [-0.15, -0.1) is 0 Å². The molecule has 1 N–H and O–H groups in total. The smallest absolute Gasteiger partial charge is 0.114 e. The van der Waals surface area contributed by atoms with Crippen molar-refractivity contribution >= 4 is 22.8 Å². The Morgan fingerprint density at radius 1 is 1.19 bits per heavy atom. The first-order valence-electron chi connectivity index (χ1n) is 7.53. The van der Waals surface area contributed by atoms with Gasteiger partial charge in [-0.3, -0.25) is 9.67 Å². The number of allylic oxidation sites excluding steroid dienone is 1. The third kappa shape index (κ3) is 2.45. The van der Waals surface area contributed by atoms with Crippen LogP contribution in [0.25, 0.3) is 10.9 Å². The summed E-state index contributed by atoms with van der Waals surface area (Å²) in [6.45, 7) is 2.85. The number of nitrogens with zero attached hydrogens (tertiary/aromatic N) is 4. The molecule has 1 fully saturated rings. The molecule has 1 aromatic carbocycles. The van der Waals surface area contributed by atoms with Gasteiger partial charge in [-0.1, -0.05) is 0 Å². The molecule has 5 heteroatoms. The first-order chi connectivity index (χ1) is 10.4.